The van der Waals surface area contributed by atoms with Crippen molar-refractivity contribution in [1.29, 1.82) is 5.26 Å². The first-order chi connectivity index (χ1) is 12.5. The number of amides is 2. The second-order valence-corrected chi connectivity index (χ2v) is 6.46. The predicted molar refractivity (Wildman–Crippen MR) is 97.1 cm³/mol. The van der Waals surface area contributed by atoms with Gasteiger partial charge in [-0.2, -0.15) is 5.26 Å². The van der Waals surface area contributed by atoms with Crippen molar-refractivity contribution in [2.45, 2.75) is 32.9 Å². The molecular formula is C19H23N5O2. The first-order valence-electron chi connectivity index (χ1n) is 8.49. The summed E-state index contributed by atoms with van der Waals surface area (Å²) >= 11 is 0. The lowest BCUT2D eigenvalue weighted by Crippen LogP contribution is -2.47. The van der Waals surface area contributed by atoms with E-state index in [0.29, 0.717) is 18.5 Å². The van der Waals surface area contributed by atoms with Crippen molar-refractivity contribution < 1.29 is 9.59 Å². The molecule has 0 bridgehead atoms. The van der Waals surface area contributed by atoms with Crippen molar-refractivity contribution in [3.63, 3.8) is 0 Å². The van der Waals surface area contributed by atoms with Crippen LogP contribution >= 0.6 is 0 Å². The highest BCUT2D eigenvalue weighted by molar-refractivity contribution is 5.97. The maximum atomic E-state index is 12.5. The molecule has 0 fully saturated rings. The quantitative estimate of drug-likeness (QED) is 0.706. The lowest BCUT2D eigenvalue weighted by molar-refractivity contribution is -0.123. The van der Waals surface area contributed by atoms with Gasteiger partial charge in [0.1, 0.15) is 12.6 Å². The molecule has 1 aromatic heterocycles. The summed E-state index contributed by atoms with van der Waals surface area (Å²) in [6, 6.07) is 8.43. The maximum Gasteiger partial charge on any atom is 0.251 e. The number of rotatable bonds is 8. The van der Waals surface area contributed by atoms with Gasteiger partial charge in [-0.1, -0.05) is 26.0 Å². The standard InChI is InChI=1S/C19H23N5O2/c1-14(2)11-17(19(26)22-8-7-20)23-18(25)16-5-3-15(4-6-16)12-24-10-9-21-13-24/h3-6,9-10,13-14,17H,8,11-12H2,1-2H3,(H,22,26)(H,23,25)/t17-/m0/s1. The minimum atomic E-state index is -0.665. The Labute approximate surface area is 153 Å². The number of nitrogens with one attached hydrogen (secondary N) is 2. The Hall–Kier alpha value is -3.14. The molecule has 0 spiro atoms. The zero-order chi connectivity index (χ0) is 18.9. The molecule has 7 heteroatoms. The lowest BCUT2D eigenvalue weighted by atomic mass is 10.0. The largest absolute Gasteiger partial charge is 0.341 e. The Morgan fingerprint density at radius 3 is 2.58 bits per heavy atom. The summed E-state index contributed by atoms with van der Waals surface area (Å²) in [6.45, 7) is 4.55. The highest BCUT2D eigenvalue weighted by Gasteiger charge is 2.22. The molecular weight excluding hydrogens is 330 g/mol. The van der Waals surface area contributed by atoms with Gasteiger partial charge in [-0.25, -0.2) is 4.98 Å². The van der Waals surface area contributed by atoms with Crippen LogP contribution in [0.4, 0.5) is 0 Å². The Bertz CT molecular complexity index is 760. The van der Waals surface area contributed by atoms with Crippen molar-refractivity contribution in [3.8, 4) is 6.07 Å². The van der Waals surface area contributed by atoms with Gasteiger partial charge in [0.2, 0.25) is 5.91 Å². The molecule has 2 N–H and O–H groups in total. The topological polar surface area (TPSA) is 99.8 Å². The average Bonchev–Trinajstić information content (AvgIpc) is 3.12. The van der Waals surface area contributed by atoms with E-state index in [1.54, 1.807) is 24.7 Å². The fraction of sp³-hybridized carbons (Fsp3) is 0.368. The van der Waals surface area contributed by atoms with Crippen LogP contribution in [0.1, 0.15) is 36.2 Å². The summed E-state index contributed by atoms with van der Waals surface area (Å²) < 4.78 is 1.94. The van der Waals surface area contributed by atoms with Crippen LogP contribution in [0, 0.1) is 17.2 Å². The lowest BCUT2D eigenvalue weighted by Gasteiger charge is -2.19. The van der Waals surface area contributed by atoms with E-state index in [1.807, 2.05) is 42.8 Å². The Morgan fingerprint density at radius 1 is 1.27 bits per heavy atom. The summed E-state index contributed by atoms with van der Waals surface area (Å²) in [5.74, 6) is -0.423. The zero-order valence-electron chi connectivity index (χ0n) is 15.0. The van der Waals surface area contributed by atoms with Crippen LogP contribution in [0.25, 0.3) is 0 Å². The van der Waals surface area contributed by atoms with Gasteiger partial charge < -0.3 is 15.2 Å². The SMILES string of the molecule is CC(C)C[C@H](NC(=O)c1ccc(Cn2ccnc2)cc1)C(=O)NCC#N. The number of carbonyl (C=O) groups is 2. The van der Waals surface area contributed by atoms with Gasteiger partial charge in [-0.15, -0.1) is 0 Å². The summed E-state index contributed by atoms with van der Waals surface area (Å²) in [5.41, 5.74) is 1.53. The van der Waals surface area contributed by atoms with Gasteiger partial charge in [0.25, 0.3) is 5.91 Å². The molecule has 0 aliphatic heterocycles. The average molecular weight is 353 g/mol. The van der Waals surface area contributed by atoms with Crippen LogP contribution in [0.5, 0.6) is 0 Å². The Kier molecular flexibility index (Phi) is 6.92. The van der Waals surface area contributed by atoms with E-state index in [0.717, 1.165) is 5.56 Å². The normalized spacial score (nSPS) is 11.6. The predicted octanol–water partition coefficient (Wildman–Crippen LogP) is 1.72. The van der Waals surface area contributed by atoms with E-state index in [1.165, 1.54) is 0 Å². The second-order valence-electron chi connectivity index (χ2n) is 6.46. The summed E-state index contributed by atoms with van der Waals surface area (Å²) in [4.78, 5) is 28.6. The summed E-state index contributed by atoms with van der Waals surface area (Å²) in [5, 5.41) is 13.9. The number of nitriles is 1. The minimum absolute atomic E-state index is 0.0771. The number of hydrogen-bond donors (Lipinski definition) is 2. The van der Waals surface area contributed by atoms with Crippen molar-refractivity contribution in [2.75, 3.05) is 6.54 Å². The molecule has 2 amide bonds. The van der Waals surface area contributed by atoms with E-state index in [-0.39, 0.29) is 24.3 Å². The number of hydrogen-bond acceptors (Lipinski definition) is 4. The monoisotopic (exact) mass is 353 g/mol. The molecule has 7 nitrogen and oxygen atoms in total. The summed E-state index contributed by atoms with van der Waals surface area (Å²) in [6.07, 6.45) is 5.82. The number of carbonyl (C=O) groups excluding carboxylic acids is 2. The van der Waals surface area contributed by atoms with E-state index < -0.39 is 6.04 Å². The molecule has 0 radical (unpaired) electrons. The highest BCUT2D eigenvalue weighted by Crippen LogP contribution is 2.09. The van der Waals surface area contributed by atoms with Gasteiger partial charge in [0, 0.05) is 24.5 Å². The van der Waals surface area contributed by atoms with Crippen molar-refractivity contribution in [1.82, 2.24) is 20.2 Å². The first kappa shape index (κ1) is 19.2. The third-order valence-electron chi connectivity index (χ3n) is 3.81. The molecule has 0 saturated carbocycles. The number of nitrogens with zero attached hydrogens (tertiary/aromatic N) is 3. The zero-order valence-corrected chi connectivity index (χ0v) is 15.0. The molecule has 26 heavy (non-hydrogen) atoms. The van der Waals surface area contributed by atoms with Crippen molar-refractivity contribution in [2.24, 2.45) is 5.92 Å². The molecule has 2 aromatic rings. The molecule has 0 saturated heterocycles. The number of aromatic nitrogens is 2. The third kappa shape index (κ3) is 5.74. The molecule has 1 heterocycles. The van der Waals surface area contributed by atoms with Crippen LogP contribution in [0.15, 0.2) is 43.0 Å². The molecule has 0 unspecified atom stereocenters. The number of benzene rings is 1. The van der Waals surface area contributed by atoms with Crippen LogP contribution in [0.3, 0.4) is 0 Å². The van der Waals surface area contributed by atoms with Crippen molar-refractivity contribution in [3.05, 3.63) is 54.1 Å². The fourth-order valence-electron chi connectivity index (χ4n) is 2.55. The van der Waals surface area contributed by atoms with E-state index in [9.17, 15) is 9.59 Å². The number of imidazole rings is 1. The van der Waals surface area contributed by atoms with E-state index in [2.05, 4.69) is 15.6 Å². The highest BCUT2D eigenvalue weighted by atomic mass is 16.2. The van der Waals surface area contributed by atoms with E-state index >= 15 is 0 Å². The van der Waals surface area contributed by atoms with Crippen LogP contribution in [-0.2, 0) is 11.3 Å². The van der Waals surface area contributed by atoms with Crippen LogP contribution in [-0.4, -0.2) is 34.0 Å². The van der Waals surface area contributed by atoms with Gasteiger partial charge >= 0.3 is 0 Å². The fourth-order valence-corrected chi connectivity index (χ4v) is 2.55. The first-order valence-corrected chi connectivity index (χ1v) is 8.49. The second kappa shape index (κ2) is 9.37. The molecule has 1 atom stereocenters. The third-order valence-corrected chi connectivity index (χ3v) is 3.81. The minimum Gasteiger partial charge on any atom is -0.341 e. The molecule has 0 aliphatic rings. The molecule has 2 rings (SSSR count). The van der Waals surface area contributed by atoms with Gasteiger partial charge in [0.15, 0.2) is 0 Å². The van der Waals surface area contributed by atoms with Gasteiger partial charge in [-0.3, -0.25) is 9.59 Å². The van der Waals surface area contributed by atoms with Gasteiger partial charge in [-0.05, 0) is 30.0 Å². The maximum absolute atomic E-state index is 12.5. The van der Waals surface area contributed by atoms with E-state index in [4.69, 9.17) is 5.26 Å². The van der Waals surface area contributed by atoms with Crippen LogP contribution in [0.2, 0.25) is 0 Å². The smallest absolute Gasteiger partial charge is 0.251 e. The van der Waals surface area contributed by atoms with Crippen LogP contribution < -0.4 is 10.6 Å². The molecule has 0 aliphatic carbocycles. The Balaban J connectivity index is 2.01. The van der Waals surface area contributed by atoms with Crippen molar-refractivity contribution >= 4 is 11.8 Å². The molecule has 1 aromatic carbocycles. The van der Waals surface area contributed by atoms with Gasteiger partial charge in [0.05, 0.1) is 12.4 Å². The summed E-state index contributed by atoms with van der Waals surface area (Å²) in [7, 11) is 0. The Morgan fingerprint density at radius 2 is 2.00 bits per heavy atom. The molecule has 136 valence electrons.